The van der Waals surface area contributed by atoms with E-state index in [0.717, 1.165) is 50.0 Å². The van der Waals surface area contributed by atoms with Gasteiger partial charge in [-0.1, -0.05) is 77.6 Å². The minimum absolute atomic E-state index is 0.187. The summed E-state index contributed by atoms with van der Waals surface area (Å²) in [6, 6.07) is 0. The summed E-state index contributed by atoms with van der Waals surface area (Å²) >= 11 is 0. The number of ether oxygens (including phenoxy) is 1. The van der Waals surface area contributed by atoms with Crippen LogP contribution in [0, 0.1) is 0 Å². The molecular weight excluding hydrogens is 360 g/mol. The van der Waals surface area contributed by atoms with Crippen LogP contribution in [0.15, 0.2) is 0 Å². The topological polar surface area (TPSA) is 38.3 Å². The molecule has 0 aromatic rings. The van der Waals surface area contributed by atoms with Crippen LogP contribution in [0.25, 0.3) is 0 Å². The van der Waals surface area contributed by atoms with Gasteiger partial charge in [0.15, 0.2) is 0 Å². The lowest BCUT2D eigenvalue weighted by molar-refractivity contribution is -0.870. The maximum absolute atomic E-state index is 11.8. The van der Waals surface area contributed by atoms with Gasteiger partial charge in [-0.3, -0.25) is 4.79 Å². The number of hydrogen-bond acceptors (Lipinski definition) is 2. The first kappa shape index (κ1) is 28.4. The molecule has 4 nitrogen and oxygen atoms in total. The second-order valence-corrected chi connectivity index (χ2v) is 9.68. The molecule has 0 bridgehead atoms. The van der Waals surface area contributed by atoms with E-state index in [0.29, 0.717) is 6.42 Å². The fourth-order valence-electron chi connectivity index (χ4n) is 3.51. The standard InChI is InChI=1S/C25H52N2O2/c1-5-6-7-8-9-10-11-12-13-14-15-17-23-29-24-18-16-20-25(28)26-21-19-22-27(2,3)4/h5-24H2,1-4H3/p+1. The van der Waals surface area contributed by atoms with E-state index in [9.17, 15) is 4.79 Å². The van der Waals surface area contributed by atoms with Crippen LogP contribution in [0.1, 0.15) is 110 Å². The van der Waals surface area contributed by atoms with Crippen molar-refractivity contribution in [3.8, 4) is 0 Å². The van der Waals surface area contributed by atoms with Crippen LogP contribution in [-0.4, -0.2) is 57.8 Å². The third-order valence-corrected chi connectivity index (χ3v) is 5.41. The Morgan fingerprint density at radius 2 is 1.17 bits per heavy atom. The van der Waals surface area contributed by atoms with Gasteiger partial charge in [0, 0.05) is 32.6 Å². The quantitative estimate of drug-likeness (QED) is 0.172. The molecule has 1 N–H and O–H groups in total. The molecule has 0 rings (SSSR count). The maximum atomic E-state index is 11.8. The molecule has 1 amide bonds. The normalized spacial score (nSPS) is 11.7. The highest BCUT2D eigenvalue weighted by atomic mass is 16.5. The zero-order valence-electron chi connectivity index (χ0n) is 20.4. The molecule has 0 aromatic heterocycles. The first-order chi connectivity index (χ1) is 14.0. The lowest BCUT2D eigenvalue weighted by Gasteiger charge is -2.23. The van der Waals surface area contributed by atoms with Crippen molar-refractivity contribution in [2.24, 2.45) is 0 Å². The smallest absolute Gasteiger partial charge is 0.219 e. The number of unbranched alkanes of at least 4 members (excludes halogenated alkanes) is 12. The Bertz CT molecular complexity index is 353. The number of nitrogens with one attached hydrogen (secondary N) is 1. The third-order valence-electron chi connectivity index (χ3n) is 5.41. The average Bonchev–Trinajstić information content (AvgIpc) is 2.67. The van der Waals surface area contributed by atoms with Crippen LogP contribution in [-0.2, 0) is 9.53 Å². The van der Waals surface area contributed by atoms with Gasteiger partial charge in [-0.2, -0.15) is 0 Å². The molecule has 0 aromatic carbocycles. The molecule has 0 radical (unpaired) electrons. The van der Waals surface area contributed by atoms with Crippen molar-refractivity contribution in [3.05, 3.63) is 0 Å². The molecule has 0 aliphatic rings. The number of amides is 1. The molecule has 29 heavy (non-hydrogen) atoms. The van der Waals surface area contributed by atoms with Crippen LogP contribution in [0.5, 0.6) is 0 Å². The summed E-state index contributed by atoms with van der Waals surface area (Å²) in [4.78, 5) is 11.8. The zero-order valence-corrected chi connectivity index (χ0v) is 20.4. The van der Waals surface area contributed by atoms with Crippen LogP contribution in [0.2, 0.25) is 0 Å². The summed E-state index contributed by atoms with van der Waals surface area (Å²) in [5, 5.41) is 3.02. The number of carbonyl (C=O) groups is 1. The van der Waals surface area contributed by atoms with Crippen molar-refractivity contribution in [2.45, 2.75) is 110 Å². The Hall–Kier alpha value is -0.610. The van der Waals surface area contributed by atoms with Gasteiger partial charge in [0.1, 0.15) is 0 Å². The predicted octanol–water partition coefficient (Wildman–Crippen LogP) is 6.09. The zero-order chi connectivity index (χ0) is 21.6. The molecule has 4 heteroatoms. The highest BCUT2D eigenvalue weighted by Crippen LogP contribution is 2.12. The van der Waals surface area contributed by atoms with Gasteiger partial charge in [-0.05, 0) is 19.3 Å². The van der Waals surface area contributed by atoms with Crippen LogP contribution in [0.4, 0.5) is 0 Å². The highest BCUT2D eigenvalue weighted by molar-refractivity contribution is 5.75. The summed E-state index contributed by atoms with van der Waals surface area (Å²) in [5.41, 5.74) is 0. The minimum Gasteiger partial charge on any atom is -0.381 e. The van der Waals surface area contributed by atoms with Gasteiger partial charge >= 0.3 is 0 Å². The number of nitrogens with zero attached hydrogens (tertiary/aromatic N) is 1. The van der Waals surface area contributed by atoms with Gasteiger partial charge < -0.3 is 14.5 Å². The second kappa shape index (κ2) is 20.7. The Morgan fingerprint density at radius 1 is 0.690 bits per heavy atom. The predicted molar refractivity (Wildman–Crippen MR) is 126 cm³/mol. The lowest BCUT2D eigenvalue weighted by Crippen LogP contribution is -2.37. The monoisotopic (exact) mass is 413 g/mol. The van der Waals surface area contributed by atoms with E-state index in [1.807, 2.05) is 0 Å². The van der Waals surface area contributed by atoms with E-state index in [4.69, 9.17) is 4.74 Å². The van der Waals surface area contributed by atoms with Gasteiger partial charge in [0.2, 0.25) is 5.91 Å². The van der Waals surface area contributed by atoms with Gasteiger partial charge in [0.05, 0.1) is 27.7 Å². The maximum Gasteiger partial charge on any atom is 0.219 e. The summed E-state index contributed by atoms with van der Waals surface area (Å²) < 4.78 is 6.66. The van der Waals surface area contributed by atoms with E-state index in [2.05, 4.69) is 33.4 Å². The Kier molecular flexibility index (Phi) is 20.2. The fraction of sp³-hybridized carbons (Fsp3) is 0.960. The lowest BCUT2D eigenvalue weighted by atomic mass is 10.1. The first-order valence-electron chi connectivity index (χ1n) is 12.6. The molecule has 0 spiro atoms. The second-order valence-electron chi connectivity index (χ2n) is 9.68. The van der Waals surface area contributed by atoms with Crippen molar-refractivity contribution in [1.82, 2.24) is 5.32 Å². The van der Waals surface area contributed by atoms with Gasteiger partial charge in [0.25, 0.3) is 0 Å². The molecule has 0 heterocycles. The molecule has 0 aliphatic heterocycles. The van der Waals surface area contributed by atoms with Crippen molar-refractivity contribution >= 4 is 5.91 Å². The molecule has 0 saturated heterocycles. The molecule has 0 unspecified atom stereocenters. The summed E-state index contributed by atoms with van der Waals surface area (Å²) in [6.07, 6.45) is 20.1. The van der Waals surface area contributed by atoms with Crippen molar-refractivity contribution in [1.29, 1.82) is 0 Å². The first-order valence-corrected chi connectivity index (χ1v) is 12.6. The van der Waals surface area contributed by atoms with Gasteiger partial charge in [-0.25, -0.2) is 0 Å². The van der Waals surface area contributed by atoms with Crippen molar-refractivity contribution in [3.63, 3.8) is 0 Å². The summed E-state index contributed by atoms with van der Waals surface area (Å²) in [7, 11) is 6.54. The average molecular weight is 414 g/mol. The van der Waals surface area contributed by atoms with Crippen molar-refractivity contribution in [2.75, 3.05) is 47.4 Å². The van der Waals surface area contributed by atoms with Crippen LogP contribution >= 0.6 is 0 Å². The number of quaternary nitrogens is 1. The number of hydrogen-bond donors (Lipinski definition) is 1. The van der Waals surface area contributed by atoms with E-state index in [1.165, 1.54) is 77.0 Å². The molecule has 0 aliphatic carbocycles. The third kappa shape index (κ3) is 25.4. The molecule has 174 valence electrons. The van der Waals surface area contributed by atoms with Gasteiger partial charge in [-0.15, -0.1) is 0 Å². The number of carbonyl (C=O) groups excluding carboxylic acids is 1. The van der Waals surface area contributed by atoms with E-state index >= 15 is 0 Å². The van der Waals surface area contributed by atoms with E-state index < -0.39 is 0 Å². The molecule has 0 saturated carbocycles. The molecule has 0 fully saturated rings. The summed E-state index contributed by atoms with van der Waals surface area (Å²) in [6.45, 7) is 5.85. The Morgan fingerprint density at radius 3 is 1.69 bits per heavy atom. The Labute approximate surface area is 182 Å². The summed E-state index contributed by atoms with van der Waals surface area (Å²) in [5.74, 6) is 0.187. The molecular formula is C25H53N2O2+. The largest absolute Gasteiger partial charge is 0.381 e. The Balaban J connectivity index is 3.15. The fourth-order valence-corrected chi connectivity index (χ4v) is 3.51. The minimum atomic E-state index is 0.187. The van der Waals surface area contributed by atoms with Crippen LogP contribution < -0.4 is 5.32 Å². The van der Waals surface area contributed by atoms with Crippen molar-refractivity contribution < 1.29 is 14.0 Å². The highest BCUT2D eigenvalue weighted by Gasteiger charge is 2.06. The van der Waals surface area contributed by atoms with E-state index in [-0.39, 0.29) is 5.91 Å². The van der Waals surface area contributed by atoms with Crippen LogP contribution in [0.3, 0.4) is 0 Å². The molecule has 0 atom stereocenters. The SMILES string of the molecule is CCCCCCCCCCCCCCOCCCCC(=O)NCCC[N+](C)(C)C. The number of rotatable bonds is 22. The van der Waals surface area contributed by atoms with E-state index in [1.54, 1.807) is 0 Å².